The number of fused-ring (bicyclic) bond motifs is 8. The van der Waals surface area contributed by atoms with E-state index in [1.807, 2.05) is 0 Å². The first-order valence-corrected chi connectivity index (χ1v) is 7.69. The average molecular weight is 263 g/mol. The Bertz CT molecular complexity index is 638. The summed E-state index contributed by atoms with van der Waals surface area (Å²) in [6, 6.07) is 18.1. The van der Waals surface area contributed by atoms with Crippen LogP contribution in [0.3, 0.4) is 0 Å². The molecule has 0 spiro atoms. The van der Waals surface area contributed by atoms with Crippen LogP contribution in [0.15, 0.2) is 48.5 Å². The summed E-state index contributed by atoms with van der Waals surface area (Å²) < 4.78 is 0. The molecule has 0 atom stereocenters. The van der Waals surface area contributed by atoms with E-state index in [-0.39, 0.29) is 11.1 Å². The SMILES string of the molecule is CCN1C2(C)c3ccccc3C1(CC)c1ccccc12. The van der Waals surface area contributed by atoms with Crippen LogP contribution < -0.4 is 0 Å². The van der Waals surface area contributed by atoms with E-state index in [0.29, 0.717) is 0 Å². The summed E-state index contributed by atoms with van der Waals surface area (Å²) in [6.07, 6.45) is 1.13. The molecular formula is C19H21N. The van der Waals surface area contributed by atoms with Gasteiger partial charge in [0.2, 0.25) is 0 Å². The predicted molar refractivity (Wildman–Crippen MR) is 82.8 cm³/mol. The first-order chi connectivity index (χ1) is 9.71. The second-order valence-electron chi connectivity index (χ2n) is 6.12. The topological polar surface area (TPSA) is 3.24 Å². The van der Waals surface area contributed by atoms with Crippen LogP contribution >= 0.6 is 0 Å². The minimum Gasteiger partial charge on any atom is -0.276 e. The molecule has 102 valence electrons. The van der Waals surface area contributed by atoms with E-state index in [1.165, 1.54) is 22.3 Å². The van der Waals surface area contributed by atoms with Crippen molar-refractivity contribution < 1.29 is 0 Å². The summed E-state index contributed by atoms with van der Waals surface area (Å²) in [5.74, 6) is 0. The molecule has 2 bridgehead atoms. The van der Waals surface area contributed by atoms with Gasteiger partial charge in [0.25, 0.3) is 0 Å². The Hall–Kier alpha value is -1.60. The van der Waals surface area contributed by atoms with Gasteiger partial charge in [-0.2, -0.15) is 0 Å². The van der Waals surface area contributed by atoms with Crippen LogP contribution in [0.4, 0.5) is 0 Å². The maximum Gasteiger partial charge on any atom is 0.0729 e. The maximum atomic E-state index is 2.70. The van der Waals surface area contributed by atoms with Crippen LogP contribution in [0.1, 0.15) is 49.4 Å². The standard InChI is InChI=1S/C19H21N/c1-4-19-16-12-8-6-10-14(16)18(3,20(19)5-2)15-11-7-9-13-17(15)19/h6-13H,4-5H2,1-3H3. The number of hydrogen-bond acceptors (Lipinski definition) is 1. The summed E-state index contributed by atoms with van der Waals surface area (Å²) >= 11 is 0. The Labute approximate surface area is 121 Å². The minimum absolute atomic E-state index is 0.0396. The van der Waals surface area contributed by atoms with Gasteiger partial charge in [0, 0.05) is 0 Å². The van der Waals surface area contributed by atoms with Gasteiger partial charge in [0.15, 0.2) is 0 Å². The first-order valence-electron chi connectivity index (χ1n) is 7.69. The van der Waals surface area contributed by atoms with E-state index in [4.69, 9.17) is 0 Å². The van der Waals surface area contributed by atoms with Crippen LogP contribution in [0.25, 0.3) is 0 Å². The van der Waals surface area contributed by atoms with Gasteiger partial charge < -0.3 is 0 Å². The maximum absolute atomic E-state index is 2.70. The van der Waals surface area contributed by atoms with Gasteiger partial charge in [-0.3, -0.25) is 4.90 Å². The molecule has 0 amide bonds. The molecule has 4 rings (SSSR count). The monoisotopic (exact) mass is 263 g/mol. The van der Waals surface area contributed by atoms with E-state index in [9.17, 15) is 0 Å². The molecule has 0 aromatic heterocycles. The lowest BCUT2D eigenvalue weighted by Gasteiger charge is -2.37. The van der Waals surface area contributed by atoms with E-state index in [1.54, 1.807) is 0 Å². The molecule has 2 aromatic rings. The van der Waals surface area contributed by atoms with Crippen molar-refractivity contribution in [2.45, 2.75) is 38.3 Å². The fourth-order valence-corrected chi connectivity index (χ4v) is 4.95. The third-order valence-corrected chi connectivity index (χ3v) is 5.62. The first kappa shape index (κ1) is 12.2. The van der Waals surface area contributed by atoms with Gasteiger partial charge in [-0.15, -0.1) is 0 Å². The molecule has 0 aliphatic carbocycles. The Balaban J connectivity index is 2.16. The molecule has 20 heavy (non-hydrogen) atoms. The van der Waals surface area contributed by atoms with Crippen molar-refractivity contribution in [2.24, 2.45) is 0 Å². The second kappa shape index (κ2) is 3.73. The van der Waals surface area contributed by atoms with Crippen molar-refractivity contribution >= 4 is 0 Å². The van der Waals surface area contributed by atoms with Crippen LogP contribution in [0.5, 0.6) is 0 Å². The molecule has 0 fully saturated rings. The molecule has 1 heteroatoms. The van der Waals surface area contributed by atoms with Gasteiger partial charge in [-0.1, -0.05) is 62.4 Å². The molecule has 0 radical (unpaired) electrons. The van der Waals surface area contributed by atoms with E-state index in [2.05, 4.69) is 74.2 Å². The lowest BCUT2D eigenvalue weighted by atomic mass is 9.72. The van der Waals surface area contributed by atoms with E-state index < -0.39 is 0 Å². The van der Waals surface area contributed by atoms with Crippen molar-refractivity contribution in [3.63, 3.8) is 0 Å². The smallest absolute Gasteiger partial charge is 0.0729 e. The van der Waals surface area contributed by atoms with Gasteiger partial charge in [0.1, 0.15) is 0 Å². The van der Waals surface area contributed by atoms with Crippen LogP contribution in [0, 0.1) is 0 Å². The summed E-state index contributed by atoms with van der Waals surface area (Å²) in [7, 11) is 0. The molecule has 2 aliphatic rings. The quantitative estimate of drug-likeness (QED) is 0.783. The molecule has 1 nitrogen and oxygen atoms in total. The van der Waals surface area contributed by atoms with Crippen LogP contribution in [0.2, 0.25) is 0 Å². The normalized spacial score (nSPS) is 30.4. The van der Waals surface area contributed by atoms with Crippen molar-refractivity contribution in [3.05, 3.63) is 70.8 Å². The molecule has 0 saturated heterocycles. The third kappa shape index (κ3) is 1.03. The number of nitrogens with zero attached hydrogens (tertiary/aromatic N) is 1. The van der Waals surface area contributed by atoms with Gasteiger partial charge in [0.05, 0.1) is 11.1 Å². The Morgan fingerprint density at radius 3 is 1.65 bits per heavy atom. The minimum atomic E-state index is 0.0396. The Morgan fingerprint density at radius 2 is 1.25 bits per heavy atom. The highest BCUT2D eigenvalue weighted by Crippen LogP contribution is 2.63. The molecule has 2 aliphatic heterocycles. The molecule has 0 unspecified atom stereocenters. The molecular weight excluding hydrogens is 242 g/mol. The number of benzene rings is 2. The lowest BCUT2D eigenvalue weighted by molar-refractivity contribution is 0.0899. The largest absolute Gasteiger partial charge is 0.276 e. The zero-order valence-corrected chi connectivity index (χ0v) is 12.5. The van der Waals surface area contributed by atoms with Crippen molar-refractivity contribution in [1.82, 2.24) is 4.90 Å². The highest BCUT2D eigenvalue weighted by molar-refractivity contribution is 5.64. The Morgan fingerprint density at radius 1 is 0.800 bits per heavy atom. The number of rotatable bonds is 2. The van der Waals surface area contributed by atoms with Crippen molar-refractivity contribution in [3.8, 4) is 0 Å². The average Bonchev–Trinajstić information content (AvgIpc) is 2.87. The molecule has 0 saturated carbocycles. The summed E-state index contributed by atoms with van der Waals surface area (Å²) in [6.45, 7) is 8.10. The van der Waals surface area contributed by atoms with Gasteiger partial charge >= 0.3 is 0 Å². The highest BCUT2D eigenvalue weighted by atomic mass is 15.3. The summed E-state index contributed by atoms with van der Waals surface area (Å²) in [4.78, 5) is 2.70. The molecule has 2 heterocycles. The lowest BCUT2D eigenvalue weighted by Crippen LogP contribution is -2.43. The van der Waals surface area contributed by atoms with Crippen LogP contribution in [-0.4, -0.2) is 11.4 Å². The van der Waals surface area contributed by atoms with Crippen molar-refractivity contribution in [1.29, 1.82) is 0 Å². The Kier molecular flexibility index (Phi) is 2.27. The summed E-state index contributed by atoms with van der Waals surface area (Å²) in [5.41, 5.74) is 6.16. The molecule has 0 N–H and O–H groups in total. The second-order valence-corrected chi connectivity index (χ2v) is 6.12. The van der Waals surface area contributed by atoms with E-state index in [0.717, 1.165) is 13.0 Å². The highest BCUT2D eigenvalue weighted by Gasteiger charge is 2.62. The van der Waals surface area contributed by atoms with Crippen molar-refractivity contribution in [2.75, 3.05) is 6.54 Å². The zero-order valence-electron chi connectivity index (χ0n) is 12.5. The third-order valence-electron chi connectivity index (χ3n) is 5.62. The van der Waals surface area contributed by atoms with Gasteiger partial charge in [-0.05, 0) is 42.1 Å². The predicted octanol–water partition coefficient (Wildman–Crippen LogP) is 4.25. The molecule has 2 aromatic carbocycles. The fraction of sp³-hybridized carbons (Fsp3) is 0.368. The number of hydrogen-bond donors (Lipinski definition) is 0. The summed E-state index contributed by atoms with van der Waals surface area (Å²) in [5, 5.41) is 0. The van der Waals surface area contributed by atoms with Crippen LogP contribution in [-0.2, 0) is 11.1 Å². The zero-order chi connectivity index (χ0) is 14.0. The van der Waals surface area contributed by atoms with Gasteiger partial charge in [-0.25, -0.2) is 0 Å². The fourth-order valence-electron chi connectivity index (χ4n) is 4.95. The van der Waals surface area contributed by atoms with E-state index >= 15 is 0 Å².